The molecule has 8 heteroatoms. The molecule has 3 heterocycles. The monoisotopic (exact) mass is 389 g/mol. The van der Waals surface area contributed by atoms with Gasteiger partial charge < -0.3 is 4.74 Å². The summed E-state index contributed by atoms with van der Waals surface area (Å²) in [6.07, 6.45) is 6.17. The Hall–Kier alpha value is -2.06. The van der Waals surface area contributed by atoms with E-state index in [0.717, 1.165) is 55.1 Å². The van der Waals surface area contributed by atoms with E-state index in [1.807, 2.05) is 23.7 Å². The largest absolute Gasteiger partial charge is 0.466 e. The van der Waals surface area contributed by atoms with Gasteiger partial charge in [0.1, 0.15) is 0 Å². The van der Waals surface area contributed by atoms with Crippen LogP contribution in [0.25, 0.3) is 11.4 Å². The maximum absolute atomic E-state index is 11.9. The summed E-state index contributed by atoms with van der Waals surface area (Å²) in [7, 11) is 0. The summed E-state index contributed by atoms with van der Waals surface area (Å²) in [5.41, 5.74) is 1.02. The summed E-state index contributed by atoms with van der Waals surface area (Å²) in [6, 6.07) is 3.91. The Kier molecular flexibility index (Phi) is 6.73. The zero-order valence-electron chi connectivity index (χ0n) is 16.0. The van der Waals surface area contributed by atoms with Gasteiger partial charge in [-0.15, -0.1) is 0 Å². The maximum atomic E-state index is 11.9. The number of hydrogen-bond acceptors (Lipinski definition) is 6. The number of hydrogen-bond donors (Lipinski definition) is 0. The minimum absolute atomic E-state index is 0.0131. The van der Waals surface area contributed by atoms with Gasteiger partial charge >= 0.3 is 5.97 Å². The lowest BCUT2D eigenvalue weighted by atomic mass is 9.97. The van der Waals surface area contributed by atoms with Crippen LogP contribution in [0.15, 0.2) is 24.5 Å². The van der Waals surface area contributed by atoms with E-state index < -0.39 is 0 Å². The van der Waals surface area contributed by atoms with E-state index in [9.17, 15) is 4.79 Å². The highest BCUT2D eigenvalue weighted by molar-refractivity contribution is 7.71. The molecule has 2 aromatic rings. The Morgan fingerprint density at radius 2 is 1.96 bits per heavy atom. The maximum Gasteiger partial charge on any atom is 0.309 e. The van der Waals surface area contributed by atoms with Gasteiger partial charge in [0, 0.05) is 37.6 Å². The van der Waals surface area contributed by atoms with Crippen molar-refractivity contribution in [3.8, 4) is 11.4 Å². The normalized spacial score (nSPS) is 15.8. The molecule has 1 aliphatic rings. The Bertz CT molecular complexity index is 809. The van der Waals surface area contributed by atoms with Crippen molar-refractivity contribution in [1.29, 1.82) is 0 Å². The van der Waals surface area contributed by atoms with Crippen LogP contribution in [0.2, 0.25) is 0 Å². The lowest BCUT2D eigenvalue weighted by molar-refractivity contribution is -0.149. The van der Waals surface area contributed by atoms with Gasteiger partial charge in [0.25, 0.3) is 0 Å². The summed E-state index contributed by atoms with van der Waals surface area (Å²) in [4.78, 5) is 18.3. The molecule has 0 unspecified atom stereocenters. The number of aromatic nitrogens is 4. The number of carbonyl (C=O) groups is 1. The molecule has 3 rings (SSSR count). The summed E-state index contributed by atoms with van der Waals surface area (Å²) in [6.45, 7) is 7.59. The van der Waals surface area contributed by atoms with Gasteiger partial charge in [-0.05, 0) is 50.5 Å². The number of ether oxygens (including phenoxy) is 1. The van der Waals surface area contributed by atoms with E-state index in [-0.39, 0.29) is 11.9 Å². The van der Waals surface area contributed by atoms with Crippen molar-refractivity contribution in [1.82, 2.24) is 24.2 Å². The first-order valence-electron chi connectivity index (χ1n) is 9.61. The van der Waals surface area contributed by atoms with Crippen LogP contribution in [-0.2, 0) is 22.7 Å². The lowest BCUT2D eigenvalue weighted by Crippen LogP contribution is -2.38. The molecule has 146 valence electrons. The van der Waals surface area contributed by atoms with Crippen LogP contribution in [0.5, 0.6) is 0 Å². The molecule has 1 saturated heterocycles. The molecule has 1 aliphatic heterocycles. The molecule has 0 N–H and O–H groups in total. The highest BCUT2D eigenvalue weighted by Gasteiger charge is 2.26. The Balaban J connectivity index is 1.73. The van der Waals surface area contributed by atoms with E-state index in [4.69, 9.17) is 22.1 Å². The minimum atomic E-state index is -0.0686. The second-order valence-electron chi connectivity index (χ2n) is 6.78. The molecule has 27 heavy (non-hydrogen) atoms. The number of likely N-dealkylation sites (tertiary alicyclic amines) is 1. The minimum Gasteiger partial charge on any atom is -0.466 e. The van der Waals surface area contributed by atoms with Crippen molar-refractivity contribution in [3.63, 3.8) is 0 Å². The van der Waals surface area contributed by atoms with Crippen molar-refractivity contribution in [2.75, 3.05) is 19.7 Å². The Morgan fingerprint density at radius 1 is 1.26 bits per heavy atom. The molecule has 0 aliphatic carbocycles. The zero-order valence-corrected chi connectivity index (χ0v) is 16.8. The van der Waals surface area contributed by atoms with Crippen LogP contribution in [0.1, 0.15) is 33.1 Å². The molecule has 2 aromatic heterocycles. The Labute approximate surface area is 165 Å². The van der Waals surface area contributed by atoms with E-state index in [1.165, 1.54) is 0 Å². The molecular weight excluding hydrogens is 362 g/mol. The Morgan fingerprint density at radius 3 is 2.59 bits per heavy atom. The molecule has 7 nitrogen and oxygen atoms in total. The third-order valence-electron chi connectivity index (χ3n) is 4.85. The predicted molar refractivity (Wildman–Crippen MR) is 106 cm³/mol. The quantitative estimate of drug-likeness (QED) is 0.535. The second-order valence-corrected chi connectivity index (χ2v) is 7.14. The second kappa shape index (κ2) is 9.23. The molecule has 0 saturated carbocycles. The summed E-state index contributed by atoms with van der Waals surface area (Å²) >= 11 is 5.69. The van der Waals surface area contributed by atoms with Gasteiger partial charge in [0.15, 0.2) is 10.6 Å². The van der Waals surface area contributed by atoms with E-state index >= 15 is 0 Å². The molecule has 0 atom stereocenters. The number of esters is 1. The van der Waals surface area contributed by atoms with Crippen molar-refractivity contribution >= 4 is 18.2 Å². The van der Waals surface area contributed by atoms with Gasteiger partial charge in [0.2, 0.25) is 0 Å². The molecule has 0 bridgehead atoms. The van der Waals surface area contributed by atoms with Crippen LogP contribution >= 0.6 is 12.2 Å². The molecule has 0 spiro atoms. The van der Waals surface area contributed by atoms with Crippen molar-refractivity contribution in [3.05, 3.63) is 29.3 Å². The average molecular weight is 390 g/mol. The standard InChI is InChI=1S/C19H27N5O2S/c1-3-11-23-17(15-5-9-20-10-6-15)21-24(19(23)27)14-22-12-7-16(8-13-22)18(25)26-4-2/h5-6,9-10,16H,3-4,7-8,11-14H2,1-2H3. The fourth-order valence-electron chi connectivity index (χ4n) is 3.43. The van der Waals surface area contributed by atoms with E-state index in [2.05, 4.69) is 21.4 Å². The van der Waals surface area contributed by atoms with Crippen LogP contribution in [0.4, 0.5) is 0 Å². The molecular formula is C19H27N5O2S. The first kappa shape index (κ1) is 19.7. The van der Waals surface area contributed by atoms with E-state index in [0.29, 0.717) is 13.3 Å². The third kappa shape index (κ3) is 4.62. The molecule has 0 amide bonds. The van der Waals surface area contributed by atoms with Crippen LogP contribution in [0.3, 0.4) is 0 Å². The first-order valence-corrected chi connectivity index (χ1v) is 10.0. The number of pyridine rings is 1. The van der Waals surface area contributed by atoms with Gasteiger partial charge in [-0.2, -0.15) is 5.10 Å². The number of carbonyl (C=O) groups excluding carboxylic acids is 1. The van der Waals surface area contributed by atoms with E-state index in [1.54, 1.807) is 12.4 Å². The van der Waals surface area contributed by atoms with Crippen molar-refractivity contribution in [2.24, 2.45) is 5.92 Å². The van der Waals surface area contributed by atoms with Gasteiger partial charge in [-0.1, -0.05) is 6.92 Å². The molecule has 0 radical (unpaired) electrons. The predicted octanol–water partition coefficient (Wildman–Crippen LogP) is 3.12. The molecule has 1 fully saturated rings. The van der Waals surface area contributed by atoms with Crippen LogP contribution in [0, 0.1) is 10.7 Å². The van der Waals surface area contributed by atoms with Crippen molar-refractivity contribution in [2.45, 2.75) is 46.3 Å². The summed E-state index contributed by atoms with van der Waals surface area (Å²) in [5, 5.41) is 4.79. The zero-order chi connectivity index (χ0) is 19.2. The summed E-state index contributed by atoms with van der Waals surface area (Å²) < 4.78 is 9.87. The topological polar surface area (TPSA) is 65.2 Å². The lowest BCUT2D eigenvalue weighted by Gasteiger charge is -2.30. The van der Waals surface area contributed by atoms with Crippen LogP contribution in [-0.4, -0.2) is 49.9 Å². The first-order chi connectivity index (χ1) is 13.1. The van der Waals surface area contributed by atoms with Gasteiger partial charge in [-0.25, -0.2) is 4.68 Å². The molecule has 0 aromatic carbocycles. The summed E-state index contributed by atoms with van der Waals surface area (Å²) in [5.74, 6) is 0.825. The number of piperidine rings is 1. The van der Waals surface area contributed by atoms with Gasteiger partial charge in [0.05, 0.1) is 19.2 Å². The highest BCUT2D eigenvalue weighted by atomic mass is 32.1. The van der Waals surface area contributed by atoms with Crippen LogP contribution < -0.4 is 0 Å². The third-order valence-corrected chi connectivity index (χ3v) is 5.28. The SMILES string of the molecule is CCCn1c(-c2ccncc2)nn(CN2CCC(C(=O)OCC)CC2)c1=S. The smallest absolute Gasteiger partial charge is 0.309 e. The fourth-order valence-corrected chi connectivity index (χ4v) is 3.71. The average Bonchev–Trinajstić information content (AvgIpc) is 2.99. The highest BCUT2D eigenvalue weighted by Crippen LogP contribution is 2.21. The number of rotatable bonds is 7. The van der Waals surface area contributed by atoms with Crippen molar-refractivity contribution < 1.29 is 9.53 Å². The number of nitrogens with zero attached hydrogens (tertiary/aromatic N) is 5. The van der Waals surface area contributed by atoms with Gasteiger partial charge in [-0.3, -0.25) is 19.2 Å². The fraction of sp³-hybridized carbons (Fsp3) is 0.579.